The van der Waals surface area contributed by atoms with E-state index in [1.807, 2.05) is 6.08 Å². The van der Waals surface area contributed by atoms with Gasteiger partial charge in [-0.2, -0.15) is 0 Å². The van der Waals surface area contributed by atoms with Crippen LogP contribution >= 0.6 is 0 Å². The molecule has 23 heavy (non-hydrogen) atoms. The molecule has 2 N–H and O–H groups in total. The summed E-state index contributed by atoms with van der Waals surface area (Å²) in [6.45, 7) is 6.78. The Hall–Kier alpha value is -1.38. The molecule has 0 spiro atoms. The molecule has 126 valence electrons. The predicted octanol–water partition coefficient (Wildman–Crippen LogP) is 4.48. The molecule has 1 aliphatic heterocycles. The van der Waals surface area contributed by atoms with Gasteiger partial charge in [0.05, 0.1) is 0 Å². The van der Waals surface area contributed by atoms with Crippen molar-refractivity contribution in [1.82, 2.24) is 4.90 Å². The monoisotopic (exact) mass is 312 g/mol. The molecule has 1 saturated heterocycles. The predicted molar refractivity (Wildman–Crippen MR) is 100 cm³/mol. The lowest BCUT2D eigenvalue weighted by molar-refractivity contribution is 0.255. The van der Waals surface area contributed by atoms with E-state index >= 15 is 0 Å². The fourth-order valence-corrected chi connectivity index (χ4v) is 3.42. The molecular weight excluding hydrogens is 280 g/mol. The third-order valence-electron chi connectivity index (χ3n) is 4.96. The van der Waals surface area contributed by atoms with Crippen LogP contribution in [0.15, 0.2) is 49.1 Å². The Bertz CT molecular complexity index is 498. The number of hydrogen-bond donors (Lipinski definition) is 1. The van der Waals surface area contributed by atoms with Crippen LogP contribution in [-0.4, -0.2) is 25.0 Å². The third kappa shape index (κ3) is 5.96. The zero-order chi connectivity index (χ0) is 16.5. The van der Waals surface area contributed by atoms with Gasteiger partial charge in [-0.25, -0.2) is 0 Å². The smallest absolute Gasteiger partial charge is 0.0178 e. The van der Waals surface area contributed by atoms with Gasteiger partial charge in [-0.15, -0.1) is 6.58 Å². The quantitative estimate of drug-likeness (QED) is 0.830. The number of allylic oxidation sites excluding steroid dienone is 3. The van der Waals surface area contributed by atoms with E-state index in [0.717, 1.165) is 18.3 Å². The molecule has 1 aromatic rings. The SMILES string of the molecule is C=CCC1C=CCC1.CN1CCC(c2cccc(CN)c2)CC1. The van der Waals surface area contributed by atoms with E-state index in [9.17, 15) is 0 Å². The number of piperidine rings is 1. The summed E-state index contributed by atoms with van der Waals surface area (Å²) < 4.78 is 0. The van der Waals surface area contributed by atoms with Crippen molar-refractivity contribution in [2.45, 2.75) is 44.6 Å². The number of hydrogen-bond acceptors (Lipinski definition) is 2. The van der Waals surface area contributed by atoms with Gasteiger partial charge in [0.2, 0.25) is 0 Å². The summed E-state index contributed by atoms with van der Waals surface area (Å²) in [5, 5.41) is 0. The minimum Gasteiger partial charge on any atom is -0.326 e. The molecule has 1 heterocycles. The lowest BCUT2D eigenvalue weighted by Gasteiger charge is -2.29. The Morgan fingerprint density at radius 1 is 1.26 bits per heavy atom. The highest BCUT2D eigenvalue weighted by atomic mass is 15.1. The maximum atomic E-state index is 5.66. The van der Waals surface area contributed by atoms with Crippen molar-refractivity contribution in [3.05, 3.63) is 60.2 Å². The molecule has 3 rings (SSSR count). The maximum absolute atomic E-state index is 5.66. The average Bonchev–Trinajstić information content (AvgIpc) is 3.10. The maximum Gasteiger partial charge on any atom is 0.0178 e. The van der Waals surface area contributed by atoms with Crippen LogP contribution in [0.5, 0.6) is 0 Å². The molecule has 1 aromatic carbocycles. The van der Waals surface area contributed by atoms with Gasteiger partial charge in [0.25, 0.3) is 0 Å². The van der Waals surface area contributed by atoms with Gasteiger partial charge in [-0.3, -0.25) is 0 Å². The third-order valence-corrected chi connectivity index (χ3v) is 4.96. The zero-order valence-electron chi connectivity index (χ0n) is 14.6. The van der Waals surface area contributed by atoms with Gasteiger partial charge in [0, 0.05) is 6.54 Å². The topological polar surface area (TPSA) is 29.3 Å². The summed E-state index contributed by atoms with van der Waals surface area (Å²) in [5.74, 6) is 1.56. The summed E-state index contributed by atoms with van der Waals surface area (Å²) in [5.41, 5.74) is 8.40. The first-order valence-corrected chi connectivity index (χ1v) is 8.98. The first-order valence-electron chi connectivity index (χ1n) is 8.98. The Morgan fingerprint density at radius 3 is 2.65 bits per heavy atom. The molecular formula is C21H32N2. The van der Waals surface area contributed by atoms with Gasteiger partial charge in [-0.05, 0) is 75.2 Å². The van der Waals surface area contributed by atoms with E-state index < -0.39 is 0 Å². The second-order valence-corrected chi connectivity index (χ2v) is 6.82. The molecule has 0 saturated carbocycles. The van der Waals surface area contributed by atoms with Crippen molar-refractivity contribution in [3.63, 3.8) is 0 Å². The normalized spacial score (nSPS) is 21.7. The van der Waals surface area contributed by atoms with Crippen molar-refractivity contribution >= 4 is 0 Å². The summed E-state index contributed by atoms with van der Waals surface area (Å²) in [7, 11) is 2.20. The summed E-state index contributed by atoms with van der Waals surface area (Å²) in [6.07, 6.45) is 12.9. The van der Waals surface area contributed by atoms with Crippen LogP contribution in [-0.2, 0) is 6.54 Å². The number of nitrogens with two attached hydrogens (primary N) is 1. The van der Waals surface area contributed by atoms with Crippen molar-refractivity contribution in [2.75, 3.05) is 20.1 Å². The van der Waals surface area contributed by atoms with E-state index in [2.05, 4.69) is 54.9 Å². The molecule has 0 amide bonds. The van der Waals surface area contributed by atoms with Gasteiger partial charge in [0.1, 0.15) is 0 Å². The second kappa shape index (κ2) is 9.69. The Morgan fingerprint density at radius 2 is 2.04 bits per heavy atom. The van der Waals surface area contributed by atoms with E-state index in [1.165, 1.54) is 49.9 Å². The number of benzene rings is 1. The average molecular weight is 313 g/mol. The molecule has 1 atom stereocenters. The highest BCUT2D eigenvalue weighted by Gasteiger charge is 2.18. The standard InChI is InChI=1S/C13H20N2.C8H12/c1-15-7-5-12(6-8-15)13-4-2-3-11(9-13)10-14;1-2-5-8-6-3-4-7-8/h2-4,9,12H,5-8,10,14H2,1H3;2-3,6,8H,1,4-5,7H2. The number of rotatable bonds is 4. The zero-order valence-corrected chi connectivity index (χ0v) is 14.6. The molecule has 0 radical (unpaired) electrons. The van der Waals surface area contributed by atoms with Crippen molar-refractivity contribution < 1.29 is 0 Å². The molecule has 0 bridgehead atoms. The second-order valence-electron chi connectivity index (χ2n) is 6.82. The molecule has 2 nitrogen and oxygen atoms in total. The largest absolute Gasteiger partial charge is 0.326 e. The van der Waals surface area contributed by atoms with Crippen LogP contribution in [0, 0.1) is 5.92 Å². The number of likely N-dealkylation sites (tertiary alicyclic amines) is 1. The van der Waals surface area contributed by atoms with E-state index in [4.69, 9.17) is 5.73 Å². The van der Waals surface area contributed by atoms with E-state index in [-0.39, 0.29) is 0 Å². The minimum atomic E-state index is 0.653. The van der Waals surface area contributed by atoms with E-state index in [1.54, 1.807) is 0 Å². The van der Waals surface area contributed by atoms with Crippen molar-refractivity contribution in [3.8, 4) is 0 Å². The lowest BCUT2D eigenvalue weighted by atomic mass is 9.89. The van der Waals surface area contributed by atoms with Crippen LogP contribution in [0.4, 0.5) is 0 Å². The summed E-state index contributed by atoms with van der Waals surface area (Å²) in [4.78, 5) is 2.41. The highest BCUT2D eigenvalue weighted by molar-refractivity contribution is 5.26. The molecule has 1 fully saturated rings. The van der Waals surface area contributed by atoms with Gasteiger partial charge >= 0.3 is 0 Å². The number of nitrogens with zero attached hydrogens (tertiary/aromatic N) is 1. The van der Waals surface area contributed by atoms with Crippen LogP contribution in [0.2, 0.25) is 0 Å². The molecule has 0 aromatic heterocycles. The van der Waals surface area contributed by atoms with Crippen LogP contribution in [0.25, 0.3) is 0 Å². The van der Waals surface area contributed by atoms with Gasteiger partial charge < -0.3 is 10.6 Å². The fourth-order valence-electron chi connectivity index (χ4n) is 3.42. The Kier molecular flexibility index (Phi) is 7.57. The van der Waals surface area contributed by atoms with Gasteiger partial charge in [0.15, 0.2) is 0 Å². The molecule has 1 unspecified atom stereocenters. The lowest BCUT2D eigenvalue weighted by Crippen LogP contribution is -2.29. The highest BCUT2D eigenvalue weighted by Crippen LogP contribution is 2.27. The Labute approximate surface area is 142 Å². The molecule has 2 heteroatoms. The van der Waals surface area contributed by atoms with Crippen LogP contribution in [0.1, 0.15) is 49.1 Å². The first-order chi connectivity index (χ1) is 11.2. The van der Waals surface area contributed by atoms with Crippen LogP contribution in [0.3, 0.4) is 0 Å². The summed E-state index contributed by atoms with van der Waals surface area (Å²) in [6, 6.07) is 8.76. The molecule has 2 aliphatic rings. The minimum absolute atomic E-state index is 0.653. The van der Waals surface area contributed by atoms with Crippen molar-refractivity contribution in [2.24, 2.45) is 11.7 Å². The van der Waals surface area contributed by atoms with Gasteiger partial charge in [-0.1, -0.05) is 42.5 Å². The molecule has 1 aliphatic carbocycles. The summed E-state index contributed by atoms with van der Waals surface area (Å²) >= 11 is 0. The van der Waals surface area contributed by atoms with Crippen LogP contribution < -0.4 is 5.73 Å². The Balaban J connectivity index is 0.000000203. The first kappa shape index (κ1) is 18.0. The van der Waals surface area contributed by atoms with E-state index in [0.29, 0.717) is 6.54 Å². The van der Waals surface area contributed by atoms with Crippen molar-refractivity contribution in [1.29, 1.82) is 0 Å². The fraction of sp³-hybridized carbons (Fsp3) is 0.524.